The maximum Gasteiger partial charge on any atom is 0.416 e. The molecule has 9 heteroatoms. The van der Waals surface area contributed by atoms with Crippen LogP contribution in [0.4, 0.5) is 13.2 Å². The zero-order valence-electron chi connectivity index (χ0n) is 17.0. The molecule has 0 N–H and O–H groups in total. The van der Waals surface area contributed by atoms with Crippen LogP contribution in [0.3, 0.4) is 0 Å². The molecule has 1 aliphatic heterocycles. The fourth-order valence-corrected chi connectivity index (χ4v) is 5.66. The quantitative estimate of drug-likeness (QED) is 0.604. The van der Waals surface area contributed by atoms with Gasteiger partial charge in [-0.1, -0.05) is 26.8 Å². The van der Waals surface area contributed by atoms with Gasteiger partial charge in [0.1, 0.15) is 0 Å². The third-order valence-electron chi connectivity index (χ3n) is 5.68. The molecule has 0 aliphatic carbocycles. The van der Waals surface area contributed by atoms with Crippen molar-refractivity contribution in [1.29, 1.82) is 0 Å². The summed E-state index contributed by atoms with van der Waals surface area (Å²) in [4.78, 5) is -0.293. The monoisotopic (exact) mass is 438 g/mol. The molecule has 4 nitrogen and oxygen atoms in total. The van der Waals surface area contributed by atoms with Crippen molar-refractivity contribution in [3.63, 3.8) is 0 Å². The van der Waals surface area contributed by atoms with E-state index in [2.05, 4.69) is 33.9 Å². The maximum atomic E-state index is 12.9. The number of benzene rings is 1. The highest BCUT2D eigenvalue weighted by atomic mass is 32.2. The van der Waals surface area contributed by atoms with Crippen LogP contribution in [0.15, 0.2) is 29.2 Å². The predicted molar refractivity (Wildman–Crippen MR) is 105 cm³/mol. The molecule has 0 amide bonds. The van der Waals surface area contributed by atoms with Crippen LogP contribution >= 0.6 is 0 Å². The Balaban J connectivity index is 2.13. The molecule has 0 aromatic heterocycles. The van der Waals surface area contributed by atoms with Crippen molar-refractivity contribution < 1.29 is 30.8 Å². The highest BCUT2D eigenvalue weighted by molar-refractivity contribution is 7.92. The van der Waals surface area contributed by atoms with Crippen LogP contribution in [0.25, 0.3) is 0 Å². The molecular formula is C19H29F3O4SSi. The Hall–Kier alpha value is -0.903. The summed E-state index contributed by atoms with van der Waals surface area (Å²) in [7, 11) is -5.89. The van der Waals surface area contributed by atoms with Crippen molar-refractivity contribution in [1.82, 2.24) is 0 Å². The largest absolute Gasteiger partial charge is 0.416 e. The Bertz CT molecular complexity index is 785. The number of sulfone groups is 1. The Labute approximate surface area is 166 Å². The van der Waals surface area contributed by atoms with E-state index < -0.39 is 35.1 Å². The first-order chi connectivity index (χ1) is 12.6. The second kappa shape index (κ2) is 8.08. The van der Waals surface area contributed by atoms with Gasteiger partial charge in [0, 0.05) is 6.61 Å². The van der Waals surface area contributed by atoms with E-state index in [9.17, 15) is 21.6 Å². The van der Waals surface area contributed by atoms with Gasteiger partial charge in [-0.25, -0.2) is 8.42 Å². The van der Waals surface area contributed by atoms with Gasteiger partial charge in [0.05, 0.1) is 28.4 Å². The third kappa shape index (κ3) is 5.37. The van der Waals surface area contributed by atoms with Crippen molar-refractivity contribution >= 4 is 18.2 Å². The van der Waals surface area contributed by atoms with Crippen molar-refractivity contribution in [2.75, 3.05) is 13.2 Å². The fraction of sp³-hybridized carbons (Fsp3) is 0.684. The van der Waals surface area contributed by atoms with E-state index in [1.54, 1.807) is 0 Å². The standard InChI is InChI=1S/C19H29F3O4SSi/c1-18(2,3)28(4,5)26-13-15-12-17(9-10-25-15)27(23,24)16-8-6-7-14(11-16)19(20,21)22/h6-8,11,15,17H,9-10,12-13H2,1-5H3. The molecule has 1 fully saturated rings. The van der Waals surface area contributed by atoms with Crippen LogP contribution < -0.4 is 0 Å². The Morgan fingerprint density at radius 3 is 2.43 bits per heavy atom. The van der Waals surface area contributed by atoms with E-state index in [1.165, 1.54) is 6.07 Å². The summed E-state index contributed by atoms with van der Waals surface area (Å²) in [5.41, 5.74) is -0.960. The van der Waals surface area contributed by atoms with Gasteiger partial charge in [-0.3, -0.25) is 0 Å². The van der Waals surface area contributed by atoms with Gasteiger partial charge in [0.15, 0.2) is 18.2 Å². The number of ether oxygens (including phenoxy) is 1. The molecule has 1 heterocycles. The Morgan fingerprint density at radius 2 is 1.86 bits per heavy atom. The molecule has 0 spiro atoms. The van der Waals surface area contributed by atoms with Crippen LogP contribution in [-0.2, 0) is 25.2 Å². The van der Waals surface area contributed by atoms with Gasteiger partial charge in [0.25, 0.3) is 0 Å². The van der Waals surface area contributed by atoms with Gasteiger partial charge < -0.3 is 9.16 Å². The highest BCUT2D eigenvalue weighted by Crippen LogP contribution is 2.37. The second-order valence-electron chi connectivity index (χ2n) is 8.78. The summed E-state index contributed by atoms with van der Waals surface area (Å²) in [5, 5.41) is -0.761. The smallest absolute Gasteiger partial charge is 0.414 e. The molecule has 0 radical (unpaired) electrons. The van der Waals surface area contributed by atoms with Crippen molar-refractivity contribution in [3.8, 4) is 0 Å². The van der Waals surface area contributed by atoms with E-state index in [4.69, 9.17) is 9.16 Å². The van der Waals surface area contributed by atoms with E-state index in [-0.39, 0.29) is 35.5 Å². The topological polar surface area (TPSA) is 52.6 Å². The SMILES string of the molecule is CC(C)(C)[Si](C)(C)OCC1CC(S(=O)(=O)c2cccc(C(F)(F)F)c2)CCO1. The van der Waals surface area contributed by atoms with Gasteiger partial charge in [-0.05, 0) is 49.2 Å². The first-order valence-corrected chi connectivity index (χ1v) is 13.8. The molecule has 2 rings (SSSR count). The molecule has 28 heavy (non-hydrogen) atoms. The first-order valence-electron chi connectivity index (χ1n) is 9.31. The molecule has 0 saturated carbocycles. The maximum absolute atomic E-state index is 12.9. The second-order valence-corrected chi connectivity index (χ2v) is 15.8. The molecule has 160 valence electrons. The molecule has 1 aliphatic rings. The van der Waals surface area contributed by atoms with Crippen molar-refractivity contribution in [3.05, 3.63) is 29.8 Å². The predicted octanol–water partition coefficient (Wildman–Crippen LogP) is 5.05. The Kier molecular flexibility index (Phi) is 6.75. The molecule has 2 unspecified atom stereocenters. The fourth-order valence-electron chi connectivity index (χ4n) is 2.80. The average molecular weight is 439 g/mol. The summed E-state index contributed by atoms with van der Waals surface area (Å²) < 4.78 is 76.5. The third-order valence-corrected chi connectivity index (χ3v) is 12.4. The molecule has 2 atom stereocenters. The normalized spacial score (nSPS) is 22.3. The van der Waals surface area contributed by atoms with Crippen molar-refractivity contribution in [2.24, 2.45) is 0 Å². The van der Waals surface area contributed by atoms with Crippen LogP contribution in [0.1, 0.15) is 39.2 Å². The van der Waals surface area contributed by atoms with Crippen LogP contribution in [0, 0.1) is 0 Å². The molecule has 0 bridgehead atoms. The lowest BCUT2D eigenvalue weighted by Crippen LogP contribution is -2.45. The van der Waals surface area contributed by atoms with E-state index >= 15 is 0 Å². The van der Waals surface area contributed by atoms with E-state index in [1.807, 2.05) is 0 Å². The first kappa shape index (κ1) is 23.4. The number of hydrogen-bond donors (Lipinski definition) is 0. The minimum Gasteiger partial charge on any atom is -0.414 e. The van der Waals surface area contributed by atoms with Crippen molar-refractivity contribution in [2.45, 2.75) is 74.2 Å². The summed E-state index contributed by atoms with van der Waals surface area (Å²) in [6, 6.07) is 3.94. The number of hydrogen-bond acceptors (Lipinski definition) is 4. The van der Waals surface area contributed by atoms with Gasteiger partial charge in [-0.2, -0.15) is 13.2 Å². The number of halogens is 3. The molecule has 1 aromatic rings. The lowest BCUT2D eigenvalue weighted by Gasteiger charge is -2.38. The zero-order valence-corrected chi connectivity index (χ0v) is 18.8. The number of rotatable bonds is 5. The van der Waals surface area contributed by atoms with Gasteiger partial charge in [-0.15, -0.1) is 0 Å². The molecule has 1 saturated heterocycles. The summed E-state index contributed by atoms with van der Waals surface area (Å²) >= 11 is 0. The average Bonchev–Trinajstić information content (AvgIpc) is 2.59. The molecule has 1 aromatic carbocycles. The minimum absolute atomic E-state index is 0.0190. The van der Waals surface area contributed by atoms with Crippen LogP contribution in [0.5, 0.6) is 0 Å². The highest BCUT2D eigenvalue weighted by Gasteiger charge is 2.40. The summed E-state index contributed by atoms with van der Waals surface area (Å²) in [5.74, 6) is 0. The van der Waals surface area contributed by atoms with E-state index in [0.717, 1.165) is 12.1 Å². The zero-order chi connectivity index (χ0) is 21.4. The summed E-state index contributed by atoms with van der Waals surface area (Å²) in [6.07, 6.45) is -4.49. The molecular weight excluding hydrogens is 409 g/mol. The lowest BCUT2D eigenvalue weighted by molar-refractivity contribution is -0.137. The van der Waals surface area contributed by atoms with Gasteiger partial charge in [0.2, 0.25) is 0 Å². The van der Waals surface area contributed by atoms with Crippen LogP contribution in [0.2, 0.25) is 18.1 Å². The summed E-state index contributed by atoms with van der Waals surface area (Å²) in [6.45, 7) is 11.1. The Morgan fingerprint density at radius 1 is 1.21 bits per heavy atom. The van der Waals surface area contributed by atoms with E-state index in [0.29, 0.717) is 12.7 Å². The van der Waals surface area contributed by atoms with Crippen LogP contribution in [-0.4, -0.2) is 41.3 Å². The minimum atomic E-state index is -4.58. The lowest BCUT2D eigenvalue weighted by atomic mass is 10.1. The van der Waals surface area contributed by atoms with Gasteiger partial charge >= 0.3 is 6.18 Å². The number of alkyl halides is 3.